The normalized spacial score (nSPS) is 25.6. The van der Waals surface area contributed by atoms with E-state index in [1.807, 2.05) is 11.3 Å². The molecule has 0 radical (unpaired) electrons. The molecule has 1 aliphatic rings. The molecule has 1 N–H and O–H groups in total. The van der Waals surface area contributed by atoms with Gasteiger partial charge >= 0.3 is 0 Å². The molecule has 0 bridgehead atoms. The Balaban J connectivity index is 1.84. The Morgan fingerprint density at radius 3 is 2.73 bits per heavy atom. The van der Waals surface area contributed by atoms with Crippen LogP contribution in [0.1, 0.15) is 43.6 Å². The van der Waals surface area contributed by atoms with Gasteiger partial charge in [-0.05, 0) is 69.5 Å². The molecular weight excluding hydrogens is 202 g/mol. The highest BCUT2D eigenvalue weighted by Gasteiger charge is 2.39. The molecule has 2 atom stereocenters. The summed E-state index contributed by atoms with van der Waals surface area (Å²) in [6, 6.07) is 2.24. The minimum Gasteiger partial charge on any atom is -0.312 e. The second-order valence-electron chi connectivity index (χ2n) is 5.70. The summed E-state index contributed by atoms with van der Waals surface area (Å²) >= 11 is 1.93. The quantitative estimate of drug-likeness (QED) is 0.826. The summed E-state index contributed by atoms with van der Waals surface area (Å²) in [5, 5.41) is 5.82. The fourth-order valence-corrected chi connectivity index (χ4v) is 3.13. The monoisotopic (exact) mass is 223 g/mol. The molecule has 1 aromatic heterocycles. The number of nitrogens with one attached hydrogen (secondary N) is 1. The average Bonchev–Trinajstić information content (AvgIpc) is 2.77. The van der Waals surface area contributed by atoms with Gasteiger partial charge in [0.05, 0.1) is 0 Å². The highest BCUT2D eigenvalue weighted by atomic mass is 32.1. The lowest BCUT2D eigenvalue weighted by Crippen LogP contribution is -2.37. The first-order valence-corrected chi connectivity index (χ1v) is 6.64. The fourth-order valence-electron chi connectivity index (χ4n) is 2.00. The predicted molar refractivity (Wildman–Crippen MR) is 67.7 cm³/mol. The molecule has 2 heteroatoms. The van der Waals surface area contributed by atoms with Crippen LogP contribution in [0.3, 0.4) is 0 Å². The van der Waals surface area contributed by atoms with Crippen molar-refractivity contribution in [3.05, 3.63) is 21.9 Å². The second-order valence-corrected chi connectivity index (χ2v) is 6.65. The maximum atomic E-state index is 3.60. The van der Waals surface area contributed by atoms with Crippen LogP contribution in [0.15, 0.2) is 11.4 Å². The van der Waals surface area contributed by atoms with E-state index in [0.29, 0.717) is 0 Å². The third-order valence-corrected chi connectivity index (χ3v) is 4.21. The maximum Gasteiger partial charge on any atom is 0.0109 e. The molecule has 1 aliphatic carbocycles. The molecule has 0 aliphatic heterocycles. The molecule has 0 spiro atoms. The van der Waals surface area contributed by atoms with E-state index in [-0.39, 0.29) is 5.54 Å². The van der Waals surface area contributed by atoms with E-state index < -0.39 is 0 Å². The zero-order chi connectivity index (χ0) is 11.1. The van der Waals surface area contributed by atoms with Crippen LogP contribution in [0.25, 0.3) is 0 Å². The number of rotatable bonds is 3. The van der Waals surface area contributed by atoms with Crippen LogP contribution in [-0.4, -0.2) is 12.1 Å². The summed E-state index contributed by atoms with van der Waals surface area (Å²) in [6.07, 6.45) is 1.38. The molecule has 1 heterocycles. The Morgan fingerprint density at radius 2 is 2.20 bits per heavy atom. The first-order chi connectivity index (χ1) is 6.97. The minimum atomic E-state index is 0.262. The van der Waals surface area contributed by atoms with E-state index >= 15 is 0 Å². The van der Waals surface area contributed by atoms with E-state index in [1.54, 1.807) is 4.88 Å². The van der Waals surface area contributed by atoms with Crippen LogP contribution in [0.2, 0.25) is 0 Å². The van der Waals surface area contributed by atoms with Gasteiger partial charge in [0.2, 0.25) is 0 Å². The first kappa shape index (κ1) is 11.2. The number of hydrogen-bond acceptors (Lipinski definition) is 2. The number of hydrogen-bond donors (Lipinski definition) is 1. The van der Waals surface area contributed by atoms with Gasteiger partial charge in [-0.2, -0.15) is 0 Å². The van der Waals surface area contributed by atoms with Crippen LogP contribution < -0.4 is 5.32 Å². The van der Waals surface area contributed by atoms with E-state index in [9.17, 15) is 0 Å². The van der Waals surface area contributed by atoms with Crippen LogP contribution >= 0.6 is 11.3 Å². The number of thiophene rings is 1. The Morgan fingerprint density at radius 1 is 1.47 bits per heavy atom. The minimum absolute atomic E-state index is 0.262. The van der Waals surface area contributed by atoms with Gasteiger partial charge in [-0.25, -0.2) is 0 Å². The Labute approximate surface area is 96.9 Å². The van der Waals surface area contributed by atoms with Crippen molar-refractivity contribution < 1.29 is 0 Å². The van der Waals surface area contributed by atoms with Crippen LogP contribution in [0.5, 0.6) is 0 Å². The molecule has 84 valence electrons. The lowest BCUT2D eigenvalue weighted by atomic mass is 10.1. The van der Waals surface area contributed by atoms with E-state index in [0.717, 1.165) is 11.8 Å². The van der Waals surface area contributed by atoms with Gasteiger partial charge in [0, 0.05) is 10.4 Å². The molecule has 1 fully saturated rings. The van der Waals surface area contributed by atoms with Crippen molar-refractivity contribution in [3.63, 3.8) is 0 Å². The van der Waals surface area contributed by atoms with Crippen molar-refractivity contribution in [2.24, 2.45) is 5.92 Å². The van der Waals surface area contributed by atoms with Gasteiger partial charge in [-0.3, -0.25) is 0 Å². The Kier molecular flexibility index (Phi) is 2.91. The molecule has 1 aromatic rings. The molecule has 0 amide bonds. The molecule has 2 unspecified atom stereocenters. The van der Waals surface area contributed by atoms with Crippen molar-refractivity contribution in [3.8, 4) is 0 Å². The highest BCUT2D eigenvalue weighted by Crippen LogP contribution is 2.50. The average molecular weight is 223 g/mol. The summed E-state index contributed by atoms with van der Waals surface area (Å²) < 4.78 is 0. The summed E-state index contributed by atoms with van der Waals surface area (Å²) in [6.45, 7) is 10.1. The topological polar surface area (TPSA) is 12.0 Å². The molecule has 0 saturated heterocycles. The standard InChI is InChI=1S/C13H21NS/c1-9-5-6-15-12(9)11-7-10(11)8-14-13(2,3)4/h5-6,10-11,14H,7-8H2,1-4H3. The van der Waals surface area contributed by atoms with Crippen LogP contribution in [0, 0.1) is 12.8 Å². The molecule has 1 nitrogen and oxygen atoms in total. The fraction of sp³-hybridized carbons (Fsp3) is 0.692. The van der Waals surface area contributed by atoms with Gasteiger partial charge < -0.3 is 5.32 Å². The molecule has 1 saturated carbocycles. The lowest BCUT2D eigenvalue weighted by molar-refractivity contribution is 0.414. The van der Waals surface area contributed by atoms with Crippen molar-refractivity contribution in [2.75, 3.05) is 6.54 Å². The molecule has 0 aromatic carbocycles. The summed E-state index contributed by atoms with van der Waals surface area (Å²) in [5.41, 5.74) is 1.75. The molecule has 2 rings (SSSR count). The summed E-state index contributed by atoms with van der Waals surface area (Å²) in [4.78, 5) is 1.62. The SMILES string of the molecule is Cc1ccsc1C1CC1CNC(C)(C)C. The van der Waals surface area contributed by atoms with Gasteiger partial charge in [-0.1, -0.05) is 0 Å². The third-order valence-electron chi connectivity index (χ3n) is 3.06. The Hall–Kier alpha value is -0.340. The molecule has 15 heavy (non-hydrogen) atoms. The first-order valence-electron chi connectivity index (χ1n) is 5.76. The van der Waals surface area contributed by atoms with Crippen LogP contribution in [-0.2, 0) is 0 Å². The van der Waals surface area contributed by atoms with Gasteiger partial charge in [0.1, 0.15) is 0 Å². The van der Waals surface area contributed by atoms with Gasteiger partial charge in [-0.15, -0.1) is 11.3 Å². The summed E-state index contributed by atoms with van der Waals surface area (Å²) in [7, 11) is 0. The number of aryl methyl sites for hydroxylation is 1. The van der Waals surface area contributed by atoms with Crippen molar-refractivity contribution in [2.45, 2.75) is 45.6 Å². The zero-order valence-corrected chi connectivity index (χ0v) is 10.9. The maximum absolute atomic E-state index is 3.60. The summed E-state index contributed by atoms with van der Waals surface area (Å²) in [5.74, 6) is 1.72. The lowest BCUT2D eigenvalue weighted by Gasteiger charge is -2.20. The van der Waals surface area contributed by atoms with E-state index in [1.165, 1.54) is 18.5 Å². The van der Waals surface area contributed by atoms with E-state index in [2.05, 4.69) is 44.5 Å². The second kappa shape index (κ2) is 3.91. The van der Waals surface area contributed by atoms with Crippen molar-refractivity contribution in [1.29, 1.82) is 0 Å². The van der Waals surface area contributed by atoms with Crippen molar-refractivity contribution in [1.82, 2.24) is 5.32 Å². The Bertz CT molecular complexity index is 335. The highest BCUT2D eigenvalue weighted by molar-refractivity contribution is 7.10. The smallest absolute Gasteiger partial charge is 0.0109 e. The van der Waals surface area contributed by atoms with Gasteiger partial charge in [0.15, 0.2) is 0 Å². The predicted octanol–water partition coefficient (Wildman–Crippen LogP) is 3.55. The van der Waals surface area contributed by atoms with E-state index in [4.69, 9.17) is 0 Å². The largest absolute Gasteiger partial charge is 0.312 e. The van der Waals surface area contributed by atoms with Crippen LogP contribution in [0.4, 0.5) is 0 Å². The molecular formula is C13H21NS. The van der Waals surface area contributed by atoms with Gasteiger partial charge in [0.25, 0.3) is 0 Å². The van der Waals surface area contributed by atoms with Crippen molar-refractivity contribution >= 4 is 11.3 Å². The third kappa shape index (κ3) is 2.82. The zero-order valence-electron chi connectivity index (χ0n) is 10.1.